The number of nitrogens with one attached hydrogen (secondary N) is 1. The number of ether oxygens (including phenoxy) is 3. The van der Waals surface area contributed by atoms with Crippen LogP contribution in [0.3, 0.4) is 0 Å². The van der Waals surface area contributed by atoms with Crippen molar-refractivity contribution in [1.82, 2.24) is 10.3 Å². The lowest BCUT2D eigenvalue weighted by Gasteiger charge is -2.26. The fraction of sp³-hybridized carbons (Fsp3) is 0.469. The number of benzene rings is 1. The summed E-state index contributed by atoms with van der Waals surface area (Å²) < 4.78 is 17.2. The molecule has 0 aliphatic rings. The van der Waals surface area contributed by atoms with E-state index < -0.39 is 30.4 Å². The first-order chi connectivity index (χ1) is 19.5. The minimum absolute atomic E-state index is 0.177. The van der Waals surface area contributed by atoms with E-state index in [1.165, 1.54) is 24.5 Å². The number of aromatic nitrogens is 1. The summed E-state index contributed by atoms with van der Waals surface area (Å²) in [5.41, 5.74) is 1.96. The summed E-state index contributed by atoms with van der Waals surface area (Å²) in [5, 5.41) is 15.2. The second-order valence-corrected chi connectivity index (χ2v) is 11.4. The number of aliphatic hydroxyl groups is 1. The molecule has 224 valence electrons. The fourth-order valence-corrected chi connectivity index (χ4v) is 5.26. The van der Waals surface area contributed by atoms with Crippen molar-refractivity contribution in [3.63, 3.8) is 0 Å². The molecule has 0 saturated heterocycles. The number of hydrogen-bond acceptors (Lipinski definition) is 8. The van der Waals surface area contributed by atoms with Gasteiger partial charge in [-0.3, -0.25) is 0 Å². The van der Waals surface area contributed by atoms with E-state index in [0.29, 0.717) is 22.7 Å². The Bertz CT molecular complexity index is 1180. The van der Waals surface area contributed by atoms with Crippen LogP contribution in [0, 0.1) is 17.8 Å². The van der Waals surface area contributed by atoms with Crippen LogP contribution in [0.2, 0.25) is 0 Å². The molecule has 0 spiro atoms. The molecule has 2 N–H and O–H groups in total. The maximum Gasteiger partial charge on any atom is 0.407 e. The maximum absolute atomic E-state index is 13.1. The van der Waals surface area contributed by atoms with Crippen LogP contribution in [0.15, 0.2) is 72.2 Å². The molecule has 0 saturated carbocycles. The third kappa shape index (κ3) is 10.3. The number of rotatable bonds is 15. The highest BCUT2D eigenvalue weighted by molar-refractivity contribution is 7.09. The van der Waals surface area contributed by atoms with Gasteiger partial charge in [-0.25, -0.2) is 14.6 Å². The van der Waals surface area contributed by atoms with Gasteiger partial charge in [-0.2, -0.15) is 0 Å². The Labute approximate surface area is 248 Å². The van der Waals surface area contributed by atoms with Crippen LogP contribution in [0.1, 0.15) is 74.3 Å². The molecule has 0 fully saturated rings. The Morgan fingerprint density at radius 3 is 2.41 bits per heavy atom. The number of nitrogens with zero attached hydrogens (tertiary/aromatic N) is 1. The first-order valence-electron chi connectivity index (χ1n) is 13.8. The molecule has 6 atom stereocenters. The Morgan fingerprint density at radius 1 is 1.15 bits per heavy atom. The molecule has 1 amide bonds. The summed E-state index contributed by atoms with van der Waals surface area (Å²) in [6.45, 7) is 13.6. The first-order valence-corrected chi connectivity index (χ1v) is 14.7. The van der Waals surface area contributed by atoms with Crippen molar-refractivity contribution >= 4 is 23.4 Å². The van der Waals surface area contributed by atoms with E-state index in [1.54, 1.807) is 31.4 Å². The average Bonchev–Trinajstić information content (AvgIpc) is 3.45. The van der Waals surface area contributed by atoms with Gasteiger partial charge in [-0.05, 0) is 37.0 Å². The van der Waals surface area contributed by atoms with Gasteiger partial charge >= 0.3 is 12.1 Å². The van der Waals surface area contributed by atoms with Gasteiger partial charge in [0.15, 0.2) is 12.2 Å². The van der Waals surface area contributed by atoms with Crippen molar-refractivity contribution in [2.75, 3.05) is 14.2 Å². The van der Waals surface area contributed by atoms with E-state index in [0.717, 1.165) is 5.57 Å². The SMILES string of the molecule is C=C[C@@H](O)[C@H](C)[C@H](OC)/C(C)=C\C=C\[C@H](C)[C@H](OC(=O)c1ccccc1)c1csc([C@H](CC(C)C)OC(=O)NC)n1. The second kappa shape index (κ2) is 16.9. The lowest BCUT2D eigenvalue weighted by Crippen LogP contribution is -2.30. The number of carbonyl (C=O) groups is 2. The molecule has 1 aromatic heterocycles. The van der Waals surface area contributed by atoms with Crippen LogP contribution in [-0.4, -0.2) is 48.5 Å². The van der Waals surface area contributed by atoms with Gasteiger partial charge in [-0.1, -0.05) is 70.2 Å². The van der Waals surface area contributed by atoms with Crippen LogP contribution >= 0.6 is 11.3 Å². The lowest BCUT2D eigenvalue weighted by atomic mass is 9.92. The average molecular weight is 585 g/mol. The molecule has 1 heterocycles. The van der Waals surface area contributed by atoms with E-state index in [4.69, 9.17) is 19.2 Å². The highest BCUT2D eigenvalue weighted by Gasteiger charge is 2.29. The zero-order valence-corrected chi connectivity index (χ0v) is 25.9. The molecule has 41 heavy (non-hydrogen) atoms. The van der Waals surface area contributed by atoms with Gasteiger partial charge in [0.1, 0.15) is 5.01 Å². The molecular weight excluding hydrogens is 540 g/mol. The van der Waals surface area contributed by atoms with E-state index in [2.05, 4.69) is 25.7 Å². The Kier molecular flexibility index (Phi) is 14.0. The van der Waals surface area contributed by atoms with E-state index in [-0.39, 0.29) is 23.9 Å². The van der Waals surface area contributed by atoms with Crippen LogP contribution in [-0.2, 0) is 14.2 Å². The molecule has 0 bridgehead atoms. The molecule has 9 heteroatoms. The lowest BCUT2D eigenvalue weighted by molar-refractivity contribution is 0.0197. The number of esters is 1. The van der Waals surface area contributed by atoms with Gasteiger partial charge in [0.25, 0.3) is 0 Å². The van der Waals surface area contributed by atoms with Gasteiger partial charge in [0.05, 0.1) is 23.5 Å². The minimum Gasteiger partial charge on any atom is -0.452 e. The van der Waals surface area contributed by atoms with E-state index >= 15 is 0 Å². The predicted molar refractivity (Wildman–Crippen MR) is 163 cm³/mol. The van der Waals surface area contributed by atoms with Gasteiger partial charge in [-0.15, -0.1) is 17.9 Å². The number of methoxy groups -OCH3 is 1. The molecule has 2 rings (SSSR count). The third-order valence-electron chi connectivity index (χ3n) is 6.70. The summed E-state index contributed by atoms with van der Waals surface area (Å²) in [5.74, 6) is -0.610. The number of thiazole rings is 1. The van der Waals surface area contributed by atoms with Crippen LogP contribution in [0.5, 0.6) is 0 Å². The maximum atomic E-state index is 13.1. The quantitative estimate of drug-likeness (QED) is 0.134. The highest BCUT2D eigenvalue weighted by atomic mass is 32.1. The van der Waals surface area contributed by atoms with Crippen molar-refractivity contribution in [3.8, 4) is 0 Å². The zero-order chi connectivity index (χ0) is 30.5. The molecule has 1 aromatic carbocycles. The number of carbonyl (C=O) groups excluding carboxylic acids is 2. The van der Waals surface area contributed by atoms with Crippen LogP contribution < -0.4 is 5.32 Å². The molecule has 0 aliphatic carbocycles. The summed E-state index contributed by atoms with van der Waals surface area (Å²) in [7, 11) is 3.13. The predicted octanol–water partition coefficient (Wildman–Crippen LogP) is 6.82. The molecular formula is C32H44N2O6S. The normalized spacial score (nSPS) is 16.5. The number of allylic oxidation sites excluding steroid dienone is 2. The number of amides is 1. The van der Waals surface area contributed by atoms with Crippen LogP contribution in [0.25, 0.3) is 0 Å². The highest BCUT2D eigenvalue weighted by Crippen LogP contribution is 2.34. The summed E-state index contributed by atoms with van der Waals surface area (Å²) in [6, 6.07) is 8.82. The first kappa shape index (κ1) is 33.9. The van der Waals surface area contributed by atoms with E-state index in [9.17, 15) is 14.7 Å². The Morgan fingerprint density at radius 2 is 1.83 bits per heavy atom. The molecule has 0 radical (unpaired) electrons. The molecule has 0 aliphatic heterocycles. The number of alkyl carbamates (subject to hydrolysis) is 1. The second-order valence-electron chi connectivity index (χ2n) is 10.5. The van der Waals surface area contributed by atoms with Gasteiger partial charge < -0.3 is 24.6 Å². The third-order valence-corrected chi connectivity index (χ3v) is 7.66. The number of hydrogen-bond donors (Lipinski definition) is 2. The Hall–Kier alpha value is -3.27. The summed E-state index contributed by atoms with van der Waals surface area (Å²) >= 11 is 1.37. The zero-order valence-electron chi connectivity index (χ0n) is 25.1. The van der Waals surface area contributed by atoms with Crippen LogP contribution in [0.4, 0.5) is 4.79 Å². The fourth-order valence-electron chi connectivity index (χ4n) is 4.38. The van der Waals surface area contributed by atoms with Gasteiger partial charge in [0, 0.05) is 31.4 Å². The minimum atomic E-state index is -0.696. The van der Waals surface area contributed by atoms with Crippen molar-refractivity contribution in [1.29, 1.82) is 0 Å². The van der Waals surface area contributed by atoms with Crippen molar-refractivity contribution in [3.05, 3.63) is 88.4 Å². The summed E-state index contributed by atoms with van der Waals surface area (Å²) in [6.07, 6.45) is 5.15. The monoisotopic (exact) mass is 584 g/mol. The van der Waals surface area contributed by atoms with Crippen molar-refractivity contribution in [2.45, 2.75) is 65.5 Å². The molecule has 8 nitrogen and oxygen atoms in total. The molecule has 2 aromatic rings. The van der Waals surface area contributed by atoms with Gasteiger partial charge in [0.2, 0.25) is 0 Å². The smallest absolute Gasteiger partial charge is 0.407 e. The molecule has 0 unspecified atom stereocenters. The van der Waals surface area contributed by atoms with Crippen molar-refractivity contribution in [2.24, 2.45) is 17.8 Å². The topological polar surface area (TPSA) is 107 Å². The van der Waals surface area contributed by atoms with E-state index in [1.807, 2.05) is 50.4 Å². The summed E-state index contributed by atoms with van der Waals surface area (Å²) in [4.78, 5) is 29.9. The Balaban J connectivity index is 2.37. The largest absolute Gasteiger partial charge is 0.452 e. The van der Waals surface area contributed by atoms with Crippen molar-refractivity contribution < 1.29 is 28.9 Å². The standard InChI is InChI=1S/C32H44N2O6S/c1-9-26(35)23(6)28(38-8)21(4)14-13-15-22(5)29(40-31(36)24-16-11-10-12-17-24)25-19-41-30(34-25)27(18-20(2)3)39-32(37)33-7/h9-17,19-20,22-23,26-29,35H,1,18H2,2-8H3,(H,33,37)/b15-13+,21-14-/t22-,23-,26+,27-,28+,29-/m0/s1. The number of aliphatic hydroxyl groups excluding tert-OH is 1.